The van der Waals surface area contributed by atoms with E-state index in [4.69, 9.17) is 9.47 Å². The highest BCUT2D eigenvalue weighted by molar-refractivity contribution is 7.00. The van der Waals surface area contributed by atoms with Gasteiger partial charge in [0.15, 0.2) is 0 Å². The Morgan fingerprint density at radius 3 is 1.27 bits per heavy atom. The number of rotatable bonds is 16. The molecule has 0 N–H and O–H groups in total. The van der Waals surface area contributed by atoms with E-state index in [-0.39, 0.29) is 11.5 Å². The van der Waals surface area contributed by atoms with Gasteiger partial charge in [0.05, 0.1) is 23.6 Å². The minimum atomic E-state index is -3.22. The standard InChI is InChI=1S/C42H52F4N2O2S/c1-3-5-7-9-29-11-19-33(20-12-29)41(43,44)49-35-23-15-31(16-24-35)37-27-28-38(40-39(37)47-51-48-40)32-17-25-36(26-18-32)50-42(45,46)34-21-13-30(14-22-34)10-8-6-4-2/h15-18,23-30,33-34H,3-14,19-22H2,1-2H3/t29-,30-,33-,34-. The molecule has 276 valence electrons. The second kappa shape index (κ2) is 17.1. The quantitative estimate of drug-likeness (QED) is 0.0852. The molecule has 9 heteroatoms. The smallest absolute Gasteiger partial charge is 0.400 e. The molecule has 2 fully saturated rings. The Morgan fingerprint density at radius 1 is 0.549 bits per heavy atom. The van der Waals surface area contributed by atoms with Crippen LogP contribution in [0.4, 0.5) is 17.6 Å². The molecule has 0 unspecified atom stereocenters. The van der Waals surface area contributed by atoms with E-state index in [1.165, 1.54) is 38.5 Å². The molecular weight excluding hydrogens is 673 g/mol. The number of hydrogen-bond donors (Lipinski definition) is 0. The van der Waals surface area contributed by atoms with E-state index in [9.17, 15) is 0 Å². The molecule has 6 rings (SSSR count). The molecule has 0 amide bonds. The average Bonchev–Trinajstić information content (AvgIpc) is 3.63. The van der Waals surface area contributed by atoms with Gasteiger partial charge in [0, 0.05) is 11.1 Å². The van der Waals surface area contributed by atoms with Crippen LogP contribution in [0, 0.1) is 23.7 Å². The molecule has 4 nitrogen and oxygen atoms in total. The van der Waals surface area contributed by atoms with E-state index in [1.807, 2.05) is 12.1 Å². The molecule has 51 heavy (non-hydrogen) atoms. The van der Waals surface area contributed by atoms with Crippen LogP contribution < -0.4 is 9.47 Å². The van der Waals surface area contributed by atoms with Gasteiger partial charge < -0.3 is 9.47 Å². The number of aromatic nitrogens is 2. The number of nitrogens with zero attached hydrogens (tertiary/aromatic N) is 2. The summed E-state index contributed by atoms with van der Waals surface area (Å²) in [4.78, 5) is 0. The van der Waals surface area contributed by atoms with E-state index >= 15 is 17.6 Å². The fraction of sp³-hybridized carbons (Fsp3) is 0.571. The lowest BCUT2D eigenvalue weighted by Gasteiger charge is -2.33. The number of unbranched alkanes of at least 4 members (excludes halogenated alkanes) is 4. The van der Waals surface area contributed by atoms with Gasteiger partial charge in [-0.25, -0.2) is 0 Å². The Hall–Kier alpha value is -3.20. The molecule has 4 aromatic rings. The second-order valence-electron chi connectivity index (χ2n) is 14.9. The molecular formula is C42H52F4N2O2S. The fourth-order valence-corrected chi connectivity index (χ4v) is 8.73. The van der Waals surface area contributed by atoms with Crippen molar-refractivity contribution in [2.75, 3.05) is 0 Å². The molecule has 1 heterocycles. The van der Waals surface area contributed by atoms with Crippen LogP contribution >= 0.6 is 11.7 Å². The Kier molecular flexibility index (Phi) is 12.6. The van der Waals surface area contributed by atoms with Gasteiger partial charge in [-0.05, 0) is 98.6 Å². The predicted octanol–water partition coefficient (Wildman–Crippen LogP) is 13.7. The van der Waals surface area contributed by atoms with Crippen molar-refractivity contribution >= 4 is 22.8 Å². The third-order valence-electron chi connectivity index (χ3n) is 11.3. The highest BCUT2D eigenvalue weighted by Crippen LogP contribution is 2.44. The van der Waals surface area contributed by atoms with Crippen molar-refractivity contribution in [3.8, 4) is 33.8 Å². The number of halogens is 4. The lowest BCUT2D eigenvalue weighted by molar-refractivity contribution is -0.224. The molecule has 0 atom stereocenters. The van der Waals surface area contributed by atoms with Gasteiger partial charge >= 0.3 is 12.2 Å². The molecule has 2 aliphatic rings. The summed E-state index contributed by atoms with van der Waals surface area (Å²) in [7, 11) is 0. The van der Waals surface area contributed by atoms with E-state index in [0.717, 1.165) is 72.5 Å². The van der Waals surface area contributed by atoms with Crippen LogP contribution in [0.15, 0.2) is 60.7 Å². The fourth-order valence-electron chi connectivity index (χ4n) is 8.16. The zero-order valence-corrected chi connectivity index (χ0v) is 30.8. The Bertz CT molecular complexity index is 1540. The van der Waals surface area contributed by atoms with Crippen LogP contribution in [0.2, 0.25) is 0 Å². The zero-order chi connectivity index (χ0) is 35.8. The highest BCUT2D eigenvalue weighted by atomic mass is 32.1. The largest absolute Gasteiger partial charge is 0.432 e. The Morgan fingerprint density at radius 2 is 0.922 bits per heavy atom. The summed E-state index contributed by atoms with van der Waals surface area (Å²) in [6, 6.07) is 17.3. The molecule has 0 aliphatic heterocycles. The molecule has 2 aliphatic carbocycles. The van der Waals surface area contributed by atoms with Crippen molar-refractivity contribution < 1.29 is 27.0 Å². The van der Waals surface area contributed by atoms with Crippen molar-refractivity contribution in [2.24, 2.45) is 23.7 Å². The lowest BCUT2D eigenvalue weighted by Crippen LogP contribution is -2.37. The van der Waals surface area contributed by atoms with Gasteiger partial charge in [-0.2, -0.15) is 26.3 Å². The van der Waals surface area contributed by atoms with E-state index < -0.39 is 24.1 Å². The van der Waals surface area contributed by atoms with Gasteiger partial charge in [-0.1, -0.05) is 102 Å². The Balaban J connectivity index is 1.07. The maximum atomic E-state index is 15.2. The average molecular weight is 725 g/mol. The van der Waals surface area contributed by atoms with Crippen LogP contribution in [0.3, 0.4) is 0 Å². The number of alkyl halides is 4. The maximum absolute atomic E-state index is 15.2. The second-order valence-corrected chi connectivity index (χ2v) is 15.5. The minimum Gasteiger partial charge on any atom is -0.432 e. The van der Waals surface area contributed by atoms with Crippen molar-refractivity contribution in [1.82, 2.24) is 8.75 Å². The molecule has 0 spiro atoms. The third-order valence-corrected chi connectivity index (χ3v) is 11.9. The maximum Gasteiger partial charge on any atom is 0.400 e. The first-order valence-corrected chi connectivity index (χ1v) is 20.0. The minimum absolute atomic E-state index is 0.140. The summed E-state index contributed by atoms with van der Waals surface area (Å²) in [5.74, 6) is -0.152. The molecule has 0 bridgehead atoms. The Labute approximate surface area is 304 Å². The molecule has 3 aromatic carbocycles. The normalized spacial score (nSPS) is 21.5. The summed E-state index contributed by atoms with van der Waals surface area (Å²) in [6.45, 7) is 4.36. The summed E-state index contributed by atoms with van der Waals surface area (Å²) in [6.07, 6.45) is 8.31. The monoisotopic (exact) mass is 724 g/mol. The van der Waals surface area contributed by atoms with Crippen LogP contribution in [0.1, 0.15) is 117 Å². The number of fused-ring (bicyclic) bond motifs is 1. The van der Waals surface area contributed by atoms with Gasteiger partial charge in [0.1, 0.15) is 22.5 Å². The number of hydrogen-bond acceptors (Lipinski definition) is 5. The summed E-state index contributed by atoms with van der Waals surface area (Å²) in [5.41, 5.74) is 4.63. The van der Waals surface area contributed by atoms with Crippen LogP contribution in [0.25, 0.3) is 33.3 Å². The first kappa shape index (κ1) is 37.6. The van der Waals surface area contributed by atoms with Gasteiger partial charge in [0.25, 0.3) is 0 Å². The van der Waals surface area contributed by atoms with Crippen molar-refractivity contribution in [3.05, 3.63) is 60.7 Å². The molecule has 1 aromatic heterocycles. The van der Waals surface area contributed by atoms with Crippen LogP contribution in [-0.4, -0.2) is 21.0 Å². The number of ether oxygens (including phenoxy) is 2. The van der Waals surface area contributed by atoms with Crippen molar-refractivity contribution in [3.63, 3.8) is 0 Å². The van der Waals surface area contributed by atoms with Crippen molar-refractivity contribution in [1.29, 1.82) is 0 Å². The number of benzene rings is 3. The molecule has 0 saturated heterocycles. The van der Waals surface area contributed by atoms with Gasteiger partial charge in [-0.3, -0.25) is 0 Å². The zero-order valence-electron chi connectivity index (χ0n) is 30.0. The predicted molar refractivity (Wildman–Crippen MR) is 199 cm³/mol. The highest BCUT2D eigenvalue weighted by Gasteiger charge is 2.45. The SMILES string of the molecule is CCCCC[C@H]1CC[C@H](C(F)(F)Oc2ccc(-c3ccc(-c4ccc(OC(F)(F)[C@H]5CC[C@H](CCCCC)CC5)cc4)c4nsnc34)cc2)CC1. The first-order valence-electron chi connectivity index (χ1n) is 19.3. The molecule has 2 saturated carbocycles. The van der Waals surface area contributed by atoms with Crippen LogP contribution in [-0.2, 0) is 0 Å². The van der Waals surface area contributed by atoms with Crippen molar-refractivity contribution in [2.45, 2.75) is 129 Å². The van der Waals surface area contributed by atoms with E-state index in [0.29, 0.717) is 48.6 Å². The van der Waals surface area contributed by atoms with Crippen LogP contribution in [0.5, 0.6) is 11.5 Å². The van der Waals surface area contributed by atoms with Gasteiger partial charge in [-0.15, -0.1) is 0 Å². The molecule has 0 radical (unpaired) electrons. The first-order chi connectivity index (χ1) is 24.7. The topological polar surface area (TPSA) is 44.2 Å². The van der Waals surface area contributed by atoms with Gasteiger partial charge in [0.2, 0.25) is 0 Å². The summed E-state index contributed by atoms with van der Waals surface area (Å²) >= 11 is 1.09. The summed E-state index contributed by atoms with van der Waals surface area (Å²) in [5, 5.41) is 0. The third kappa shape index (κ3) is 9.43. The summed E-state index contributed by atoms with van der Waals surface area (Å²) < 4.78 is 80.4. The van der Waals surface area contributed by atoms with E-state index in [1.54, 1.807) is 48.5 Å². The lowest BCUT2D eigenvalue weighted by atomic mass is 9.79. The van der Waals surface area contributed by atoms with E-state index in [2.05, 4.69) is 22.6 Å².